The van der Waals surface area contributed by atoms with Gasteiger partial charge in [-0.2, -0.15) is 0 Å². The van der Waals surface area contributed by atoms with Gasteiger partial charge < -0.3 is 19.7 Å². The lowest BCUT2D eigenvalue weighted by molar-refractivity contribution is 0.201. The number of ether oxygens (including phenoxy) is 2. The molecule has 0 atom stereocenters. The molecule has 7 heteroatoms. The molecule has 0 radical (unpaired) electrons. The fourth-order valence-electron chi connectivity index (χ4n) is 4.32. The molecule has 1 aliphatic heterocycles. The average Bonchev–Trinajstić information content (AvgIpc) is 3.18. The Kier molecular flexibility index (Phi) is 7.25. The molecule has 7 nitrogen and oxygen atoms in total. The molecule has 2 fully saturated rings. The molecular weight excluding hydrogens is 392 g/mol. The van der Waals surface area contributed by atoms with Crippen LogP contribution in [0.15, 0.2) is 42.7 Å². The lowest BCUT2D eigenvalue weighted by atomic mass is 10.2. The largest absolute Gasteiger partial charge is 0.493 e. The van der Waals surface area contributed by atoms with Gasteiger partial charge in [0.15, 0.2) is 11.5 Å². The topological polar surface area (TPSA) is 66.9 Å². The molecule has 1 aromatic carbocycles. The third kappa shape index (κ3) is 5.88. The van der Waals surface area contributed by atoms with Gasteiger partial charge in [-0.05, 0) is 55.9 Å². The van der Waals surface area contributed by atoms with Crippen LogP contribution in [0, 0.1) is 0 Å². The molecule has 1 saturated carbocycles. The molecule has 1 N–H and O–H groups in total. The molecule has 4 rings (SSSR count). The number of carbonyl (C=O) groups is 1. The summed E-state index contributed by atoms with van der Waals surface area (Å²) < 4.78 is 11.6. The maximum absolute atomic E-state index is 12.9. The Morgan fingerprint density at radius 1 is 1.10 bits per heavy atom. The van der Waals surface area contributed by atoms with Crippen molar-refractivity contribution in [1.82, 2.24) is 14.8 Å². The van der Waals surface area contributed by atoms with Gasteiger partial charge in [0.2, 0.25) is 0 Å². The summed E-state index contributed by atoms with van der Waals surface area (Å²) in [6.45, 7) is 4.13. The Hall–Kier alpha value is -2.80. The molecule has 2 aliphatic rings. The summed E-state index contributed by atoms with van der Waals surface area (Å²) in [6, 6.07) is 9.59. The second-order valence-corrected chi connectivity index (χ2v) is 8.30. The van der Waals surface area contributed by atoms with Crippen molar-refractivity contribution >= 4 is 11.7 Å². The van der Waals surface area contributed by atoms with Crippen molar-refractivity contribution in [3.05, 3.63) is 48.3 Å². The fourth-order valence-corrected chi connectivity index (χ4v) is 4.32. The molecule has 1 aliphatic carbocycles. The summed E-state index contributed by atoms with van der Waals surface area (Å²) in [5.74, 6) is 1.40. The van der Waals surface area contributed by atoms with Crippen molar-refractivity contribution in [1.29, 1.82) is 0 Å². The number of carbonyl (C=O) groups excluding carboxylic acids is 1. The third-order valence-electron chi connectivity index (χ3n) is 6.02. The summed E-state index contributed by atoms with van der Waals surface area (Å²) >= 11 is 0. The van der Waals surface area contributed by atoms with Crippen LogP contribution in [0.5, 0.6) is 11.5 Å². The van der Waals surface area contributed by atoms with Crippen LogP contribution in [0.3, 0.4) is 0 Å². The minimum absolute atomic E-state index is 0.0692. The first-order chi connectivity index (χ1) is 15.2. The van der Waals surface area contributed by atoms with Crippen molar-refractivity contribution in [2.45, 2.75) is 44.8 Å². The van der Waals surface area contributed by atoms with E-state index >= 15 is 0 Å². The van der Waals surface area contributed by atoms with Crippen LogP contribution < -0.4 is 14.8 Å². The molecule has 0 spiro atoms. The number of hydrogen-bond donors (Lipinski definition) is 1. The van der Waals surface area contributed by atoms with Gasteiger partial charge in [-0.25, -0.2) is 4.79 Å². The number of nitrogens with one attached hydrogen (secondary N) is 1. The Balaban J connectivity index is 1.34. The van der Waals surface area contributed by atoms with E-state index in [-0.39, 0.29) is 12.1 Å². The summed E-state index contributed by atoms with van der Waals surface area (Å²) in [6.07, 6.45) is 9.44. The summed E-state index contributed by atoms with van der Waals surface area (Å²) in [5, 5.41) is 3.04. The number of methoxy groups -OCH3 is 1. The smallest absolute Gasteiger partial charge is 0.321 e. The zero-order valence-corrected chi connectivity index (χ0v) is 18.3. The SMILES string of the molecule is COc1ccc(NC(=O)N2CCCN(Cc3cccnc3)CC2)cc1OC1CCCC1. The number of urea groups is 1. The van der Waals surface area contributed by atoms with Gasteiger partial charge in [0, 0.05) is 56.9 Å². The maximum Gasteiger partial charge on any atom is 0.321 e. The number of amides is 2. The summed E-state index contributed by atoms with van der Waals surface area (Å²) in [5.41, 5.74) is 1.93. The van der Waals surface area contributed by atoms with Crippen molar-refractivity contribution in [3.8, 4) is 11.5 Å². The number of anilines is 1. The monoisotopic (exact) mass is 424 g/mol. The quantitative estimate of drug-likeness (QED) is 0.755. The molecule has 2 amide bonds. The van der Waals surface area contributed by atoms with Gasteiger partial charge >= 0.3 is 6.03 Å². The van der Waals surface area contributed by atoms with E-state index in [0.29, 0.717) is 18.0 Å². The van der Waals surface area contributed by atoms with Gasteiger partial charge in [-0.3, -0.25) is 9.88 Å². The maximum atomic E-state index is 12.9. The number of benzene rings is 1. The highest BCUT2D eigenvalue weighted by atomic mass is 16.5. The Bertz CT molecular complexity index is 855. The van der Waals surface area contributed by atoms with E-state index in [0.717, 1.165) is 51.1 Å². The number of hydrogen-bond acceptors (Lipinski definition) is 5. The van der Waals surface area contributed by atoms with Gasteiger partial charge in [-0.15, -0.1) is 0 Å². The molecule has 2 heterocycles. The van der Waals surface area contributed by atoms with E-state index in [4.69, 9.17) is 9.47 Å². The van der Waals surface area contributed by atoms with Crippen molar-refractivity contribution in [2.24, 2.45) is 0 Å². The summed E-state index contributed by atoms with van der Waals surface area (Å²) in [7, 11) is 1.64. The van der Waals surface area contributed by atoms with Crippen molar-refractivity contribution in [2.75, 3.05) is 38.6 Å². The minimum Gasteiger partial charge on any atom is -0.493 e. The van der Waals surface area contributed by atoms with E-state index < -0.39 is 0 Å². The van der Waals surface area contributed by atoms with Gasteiger partial charge in [0.25, 0.3) is 0 Å². The average molecular weight is 425 g/mol. The lowest BCUT2D eigenvalue weighted by Gasteiger charge is -2.23. The molecule has 31 heavy (non-hydrogen) atoms. The number of nitrogens with zero attached hydrogens (tertiary/aromatic N) is 3. The zero-order valence-electron chi connectivity index (χ0n) is 18.3. The van der Waals surface area contributed by atoms with Crippen molar-refractivity contribution in [3.63, 3.8) is 0 Å². The third-order valence-corrected chi connectivity index (χ3v) is 6.02. The zero-order chi connectivity index (χ0) is 21.5. The van der Waals surface area contributed by atoms with Crippen LogP contribution >= 0.6 is 0 Å². The Morgan fingerprint density at radius 3 is 2.74 bits per heavy atom. The van der Waals surface area contributed by atoms with Crippen LogP contribution in [0.2, 0.25) is 0 Å². The standard InChI is InChI=1S/C24H32N4O3/c1-30-22-10-9-20(16-23(22)31-21-7-2-3-8-21)26-24(29)28-13-5-12-27(14-15-28)18-19-6-4-11-25-17-19/h4,6,9-11,16-17,21H,2-3,5,7-8,12-15,18H2,1H3,(H,26,29). The molecule has 0 bridgehead atoms. The number of pyridine rings is 1. The highest BCUT2D eigenvalue weighted by molar-refractivity contribution is 5.89. The van der Waals surface area contributed by atoms with Crippen LogP contribution in [0.4, 0.5) is 10.5 Å². The van der Waals surface area contributed by atoms with Gasteiger partial charge in [-0.1, -0.05) is 6.07 Å². The van der Waals surface area contributed by atoms with E-state index in [1.807, 2.05) is 35.4 Å². The fraction of sp³-hybridized carbons (Fsp3) is 0.500. The first kappa shape index (κ1) is 21.4. The normalized spacial score (nSPS) is 17.9. The van der Waals surface area contributed by atoms with E-state index in [9.17, 15) is 4.79 Å². The summed E-state index contributed by atoms with van der Waals surface area (Å²) in [4.78, 5) is 21.4. The second-order valence-electron chi connectivity index (χ2n) is 8.30. The van der Waals surface area contributed by atoms with Crippen LogP contribution in [-0.4, -0.2) is 60.2 Å². The van der Waals surface area contributed by atoms with Crippen LogP contribution in [-0.2, 0) is 6.54 Å². The predicted octanol–water partition coefficient (Wildman–Crippen LogP) is 4.15. The lowest BCUT2D eigenvalue weighted by Crippen LogP contribution is -2.38. The van der Waals surface area contributed by atoms with Gasteiger partial charge in [0.1, 0.15) is 0 Å². The predicted molar refractivity (Wildman–Crippen MR) is 121 cm³/mol. The number of aromatic nitrogens is 1. The first-order valence-electron chi connectivity index (χ1n) is 11.2. The highest BCUT2D eigenvalue weighted by Crippen LogP contribution is 2.34. The number of rotatable bonds is 6. The Labute approximate surface area is 184 Å². The van der Waals surface area contributed by atoms with E-state index in [1.54, 1.807) is 13.3 Å². The molecule has 2 aromatic rings. The molecule has 0 unspecified atom stereocenters. The van der Waals surface area contributed by atoms with Gasteiger partial charge in [0.05, 0.1) is 13.2 Å². The molecule has 166 valence electrons. The van der Waals surface area contributed by atoms with E-state index in [2.05, 4.69) is 21.3 Å². The second kappa shape index (κ2) is 10.5. The Morgan fingerprint density at radius 2 is 1.97 bits per heavy atom. The molecule has 1 saturated heterocycles. The molecular formula is C24H32N4O3. The highest BCUT2D eigenvalue weighted by Gasteiger charge is 2.21. The van der Waals surface area contributed by atoms with E-state index in [1.165, 1.54) is 18.4 Å². The van der Waals surface area contributed by atoms with Crippen LogP contribution in [0.25, 0.3) is 0 Å². The van der Waals surface area contributed by atoms with Crippen molar-refractivity contribution < 1.29 is 14.3 Å². The molecule has 1 aromatic heterocycles. The van der Waals surface area contributed by atoms with Crippen LogP contribution in [0.1, 0.15) is 37.7 Å². The first-order valence-corrected chi connectivity index (χ1v) is 11.2. The minimum atomic E-state index is -0.0692.